The molecule has 0 heterocycles. The van der Waals surface area contributed by atoms with Gasteiger partial charge >= 0.3 is 0 Å². The standard InChI is InChI=1S/C27H33F3/c1-3-5-7-22-16-21-12-13-23(26(29)24(21)27(30)25(22)28)20-11-10-18-14-17(6-4-2)8-9-19(18)15-20/h3,12-13,16-20H,1,4-11,14-15H2,2H3/t17?,18-,19?,20-/m1/s1. The van der Waals surface area contributed by atoms with Gasteiger partial charge in [-0.1, -0.05) is 44.4 Å². The van der Waals surface area contributed by atoms with Crippen LogP contribution in [0.5, 0.6) is 0 Å². The minimum absolute atomic E-state index is 0.112. The number of hydrogen-bond donors (Lipinski definition) is 0. The van der Waals surface area contributed by atoms with Crippen LogP contribution in [0.25, 0.3) is 10.8 Å². The van der Waals surface area contributed by atoms with Crippen molar-refractivity contribution in [3.8, 4) is 0 Å². The highest BCUT2D eigenvalue weighted by Gasteiger charge is 2.36. The van der Waals surface area contributed by atoms with Crippen molar-refractivity contribution in [1.29, 1.82) is 0 Å². The Kier molecular flexibility index (Phi) is 6.55. The van der Waals surface area contributed by atoms with Crippen LogP contribution >= 0.6 is 0 Å². The summed E-state index contributed by atoms with van der Waals surface area (Å²) < 4.78 is 44.8. The normalized spacial score (nSPS) is 26.5. The molecule has 0 radical (unpaired) electrons. The van der Waals surface area contributed by atoms with Crippen LogP contribution in [0.2, 0.25) is 0 Å². The fourth-order valence-electron chi connectivity index (χ4n) is 6.15. The van der Waals surface area contributed by atoms with Crippen molar-refractivity contribution in [2.75, 3.05) is 0 Å². The van der Waals surface area contributed by atoms with Gasteiger partial charge in [0.05, 0.1) is 5.39 Å². The van der Waals surface area contributed by atoms with Crippen molar-refractivity contribution >= 4 is 10.8 Å². The summed E-state index contributed by atoms with van der Waals surface area (Å²) in [5.74, 6) is -0.134. The van der Waals surface area contributed by atoms with Crippen LogP contribution in [0.3, 0.4) is 0 Å². The van der Waals surface area contributed by atoms with Crippen LogP contribution in [0.15, 0.2) is 30.9 Å². The van der Waals surface area contributed by atoms with Crippen LogP contribution < -0.4 is 0 Å². The molecule has 0 N–H and O–H groups in total. The summed E-state index contributed by atoms with van der Waals surface area (Å²) in [7, 11) is 0. The van der Waals surface area contributed by atoms with Gasteiger partial charge in [-0.05, 0) is 91.2 Å². The SMILES string of the molecule is C=CCCc1cc2ccc([C@@H]3CC[C@@H]4CC(CCC)CCC4C3)c(F)c2c(F)c1F. The van der Waals surface area contributed by atoms with E-state index in [4.69, 9.17) is 0 Å². The molecule has 2 aliphatic rings. The third-order valence-corrected chi connectivity index (χ3v) is 7.70. The molecule has 0 spiro atoms. The van der Waals surface area contributed by atoms with Gasteiger partial charge in [-0.15, -0.1) is 6.58 Å². The number of benzene rings is 2. The molecule has 0 saturated heterocycles. The first kappa shape index (κ1) is 21.5. The number of halogens is 3. The molecule has 2 aromatic carbocycles. The molecule has 162 valence electrons. The average molecular weight is 415 g/mol. The lowest BCUT2D eigenvalue weighted by Crippen LogP contribution is -2.30. The number of allylic oxidation sites excluding steroid dienone is 1. The summed E-state index contributed by atoms with van der Waals surface area (Å²) >= 11 is 0. The van der Waals surface area contributed by atoms with E-state index in [0.29, 0.717) is 29.7 Å². The van der Waals surface area contributed by atoms with Crippen molar-refractivity contribution in [2.24, 2.45) is 17.8 Å². The lowest BCUT2D eigenvalue weighted by Gasteiger charge is -2.42. The van der Waals surface area contributed by atoms with Crippen LogP contribution in [-0.4, -0.2) is 0 Å². The van der Waals surface area contributed by atoms with Gasteiger partial charge in [-0.3, -0.25) is 0 Å². The fraction of sp³-hybridized carbons (Fsp3) is 0.556. The zero-order valence-electron chi connectivity index (χ0n) is 18.0. The van der Waals surface area contributed by atoms with E-state index in [2.05, 4.69) is 13.5 Å². The van der Waals surface area contributed by atoms with Crippen LogP contribution in [0.4, 0.5) is 13.2 Å². The molecule has 30 heavy (non-hydrogen) atoms. The van der Waals surface area contributed by atoms with E-state index in [0.717, 1.165) is 31.1 Å². The molecular formula is C27H33F3. The summed E-state index contributed by atoms with van der Waals surface area (Å²) in [6.45, 7) is 5.89. The molecule has 4 atom stereocenters. The van der Waals surface area contributed by atoms with Gasteiger partial charge in [0.15, 0.2) is 11.6 Å². The minimum atomic E-state index is -1.04. The fourth-order valence-corrected chi connectivity index (χ4v) is 6.15. The maximum Gasteiger partial charge on any atom is 0.169 e. The van der Waals surface area contributed by atoms with E-state index in [1.807, 2.05) is 6.07 Å². The Morgan fingerprint density at radius 2 is 1.73 bits per heavy atom. The molecule has 0 aromatic heterocycles. The largest absolute Gasteiger partial charge is 0.206 e. The zero-order chi connectivity index (χ0) is 21.3. The second-order valence-electron chi connectivity index (χ2n) is 9.56. The summed E-state index contributed by atoms with van der Waals surface area (Å²) in [5.41, 5.74) is 0.866. The van der Waals surface area contributed by atoms with Crippen LogP contribution in [0, 0.1) is 35.2 Å². The van der Waals surface area contributed by atoms with Crippen molar-refractivity contribution in [1.82, 2.24) is 0 Å². The Bertz CT molecular complexity index is 916. The number of rotatable bonds is 6. The predicted molar refractivity (Wildman–Crippen MR) is 118 cm³/mol. The van der Waals surface area contributed by atoms with E-state index < -0.39 is 17.5 Å². The highest BCUT2D eigenvalue weighted by atomic mass is 19.2. The number of fused-ring (bicyclic) bond motifs is 2. The minimum Gasteiger partial charge on any atom is -0.206 e. The predicted octanol–water partition coefficient (Wildman–Crippen LogP) is 8.48. The van der Waals surface area contributed by atoms with Crippen molar-refractivity contribution in [3.63, 3.8) is 0 Å². The maximum absolute atomic E-state index is 15.4. The van der Waals surface area contributed by atoms with E-state index in [-0.39, 0.29) is 16.9 Å². The summed E-state index contributed by atoms with van der Waals surface area (Å²) in [6, 6.07) is 5.19. The first-order valence-corrected chi connectivity index (χ1v) is 11.7. The quantitative estimate of drug-likeness (QED) is 0.416. The lowest BCUT2D eigenvalue weighted by atomic mass is 9.63. The summed E-state index contributed by atoms with van der Waals surface area (Å²) in [5, 5.41) is 0.268. The Morgan fingerprint density at radius 1 is 0.967 bits per heavy atom. The third-order valence-electron chi connectivity index (χ3n) is 7.70. The van der Waals surface area contributed by atoms with Crippen LogP contribution in [-0.2, 0) is 6.42 Å². The number of aryl methyl sites for hydroxylation is 1. The lowest BCUT2D eigenvalue weighted by molar-refractivity contribution is 0.113. The molecule has 3 heteroatoms. The highest BCUT2D eigenvalue weighted by Crippen LogP contribution is 2.49. The Morgan fingerprint density at radius 3 is 2.50 bits per heavy atom. The summed E-state index contributed by atoms with van der Waals surface area (Å²) in [4.78, 5) is 0. The van der Waals surface area contributed by atoms with Gasteiger partial charge in [0.2, 0.25) is 0 Å². The number of hydrogen-bond acceptors (Lipinski definition) is 0. The molecule has 2 saturated carbocycles. The van der Waals surface area contributed by atoms with Crippen molar-refractivity contribution in [2.45, 2.75) is 77.0 Å². The van der Waals surface area contributed by atoms with E-state index in [9.17, 15) is 8.78 Å². The molecule has 2 fully saturated rings. The highest BCUT2D eigenvalue weighted by molar-refractivity contribution is 5.85. The molecular weight excluding hydrogens is 381 g/mol. The van der Waals surface area contributed by atoms with Crippen molar-refractivity contribution < 1.29 is 13.2 Å². The first-order valence-electron chi connectivity index (χ1n) is 11.7. The first-order chi connectivity index (χ1) is 14.5. The molecule has 0 bridgehead atoms. The van der Waals surface area contributed by atoms with Gasteiger partial charge in [-0.2, -0.15) is 0 Å². The molecule has 2 aliphatic carbocycles. The van der Waals surface area contributed by atoms with E-state index >= 15 is 4.39 Å². The molecule has 4 rings (SSSR count). The second kappa shape index (κ2) is 9.16. The third kappa shape index (κ3) is 4.05. The Labute approximate surface area is 178 Å². The van der Waals surface area contributed by atoms with E-state index in [1.54, 1.807) is 18.2 Å². The molecule has 2 unspecified atom stereocenters. The van der Waals surface area contributed by atoms with Gasteiger partial charge in [0.1, 0.15) is 5.82 Å². The van der Waals surface area contributed by atoms with Crippen molar-refractivity contribution in [3.05, 3.63) is 59.4 Å². The summed E-state index contributed by atoms with van der Waals surface area (Å²) in [6.07, 6.45) is 12.1. The second-order valence-corrected chi connectivity index (χ2v) is 9.56. The van der Waals surface area contributed by atoms with Gasteiger partial charge in [0, 0.05) is 0 Å². The molecule has 2 aromatic rings. The van der Waals surface area contributed by atoms with Gasteiger partial charge in [-0.25, -0.2) is 13.2 Å². The Hall–Kier alpha value is -1.77. The van der Waals surface area contributed by atoms with Gasteiger partial charge in [0.25, 0.3) is 0 Å². The van der Waals surface area contributed by atoms with Gasteiger partial charge < -0.3 is 0 Å². The molecule has 0 amide bonds. The molecule has 0 aliphatic heterocycles. The smallest absolute Gasteiger partial charge is 0.169 e. The Balaban J connectivity index is 1.59. The van der Waals surface area contributed by atoms with E-state index in [1.165, 1.54) is 32.1 Å². The molecule has 0 nitrogen and oxygen atoms in total. The van der Waals surface area contributed by atoms with Crippen LogP contribution in [0.1, 0.15) is 81.8 Å². The topological polar surface area (TPSA) is 0 Å². The monoisotopic (exact) mass is 414 g/mol. The zero-order valence-corrected chi connectivity index (χ0v) is 18.0. The average Bonchev–Trinajstić information content (AvgIpc) is 2.75. The maximum atomic E-state index is 15.4.